The van der Waals surface area contributed by atoms with Crippen LogP contribution < -0.4 is 10.7 Å². The van der Waals surface area contributed by atoms with Gasteiger partial charge in [0.05, 0.1) is 21.7 Å². The van der Waals surface area contributed by atoms with Gasteiger partial charge in [-0.1, -0.05) is 11.6 Å². The van der Waals surface area contributed by atoms with Crippen LogP contribution in [0.15, 0.2) is 58.7 Å². The van der Waals surface area contributed by atoms with E-state index < -0.39 is 22.7 Å². The Morgan fingerprint density at radius 2 is 1.66 bits per heavy atom. The Morgan fingerprint density at radius 3 is 2.21 bits per heavy atom. The molecule has 10 nitrogen and oxygen atoms in total. The summed E-state index contributed by atoms with van der Waals surface area (Å²) < 4.78 is 0. The van der Waals surface area contributed by atoms with Gasteiger partial charge in [-0.05, 0) is 48.0 Å². The smallest absolute Gasteiger partial charge is 0.335 e. The molecule has 0 saturated carbocycles. The second kappa shape index (κ2) is 9.76. The number of hydrazone groups is 1. The van der Waals surface area contributed by atoms with E-state index in [9.17, 15) is 24.5 Å². The molecule has 0 spiro atoms. The summed E-state index contributed by atoms with van der Waals surface area (Å²) >= 11 is 5.93. The Kier molecular flexibility index (Phi) is 7.15. The fraction of sp³-hybridized carbons (Fsp3) is 0. The zero-order valence-electron chi connectivity index (χ0n) is 14.5. The lowest BCUT2D eigenvalue weighted by molar-refractivity contribution is -0.384. The van der Waals surface area contributed by atoms with Crippen LogP contribution in [-0.4, -0.2) is 34.0 Å². The summed E-state index contributed by atoms with van der Waals surface area (Å²) in [5.41, 5.74) is 2.75. The molecule has 0 saturated heterocycles. The van der Waals surface area contributed by atoms with Crippen LogP contribution in [0.3, 0.4) is 0 Å². The Labute approximate surface area is 168 Å². The van der Waals surface area contributed by atoms with Gasteiger partial charge >= 0.3 is 17.8 Å². The third-order valence-corrected chi connectivity index (χ3v) is 3.57. The van der Waals surface area contributed by atoms with Crippen molar-refractivity contribution in [3.8, 4) is 0 Å². The molecule has 0 atom stereocenters. The van der Waals surface area contributed by atoms with Crippen molar-refractivity contribution in [2.45, 2.75) is 0 Å². The quantitative estimate of drug-likeness (QED) is 0.285. The van der Waals surface area contributed by atoms with Crippen LogP contribution in [0.4, 0.5) is 11.4 Å². The van der Waals surface area contributed by atoms with E-state index in [4.69, 9.17) is 16.7 Å². The van der Waals surface area contributed by atoms with Crippen molar-refractivity contribution in [3.63, 3.8) is 0 Å². The summed E-state index contributed by atoms with van der Waals surface area (Å²) in [6.45, 7) is 0. The number of non-ortho nitro benzene ring substituents is 1. The van der Waals surface area contributed by atoms with Crippen LogP contribution in [0.2, 0.25) is 0 Å². The minimum atomic E-state index is -1.12. The predicted octanol–water partition coefficient (Wildman–Crippen LogP) is 2.61. The first-order valence-electron chi connectivity index (χ1n) is 7.85. The number of amides is 2. The molecule has 0 aliphatic heterocycles. The van der Waals surface area contributed by atoms with Crippen molar-refractivity contribution in [3.05, 3.63) is 74.8 Å². The van der Waals surface area contributed by atoms with E-state index in [1.165, 1.54) is 54.6 Å². The van der Waals surface area contributed by atoms with E-state index in [0.29, 0.717) is 5.56 Å². The van der Waals surface area contributed by atoms with E-state index in [1.807, 2.05) is 5.43 Å². The van der Waals surface area contributed by atoms with E-state index in [-0.39, 0.29) is 22.0 Å². The highest BCUT2D eigenvalue weighted by Gasteiger charge is 2.13. The van der Waals surface area contributed by atoms with Gasteiger partial charge in [-0.25, -0.2) is 10.2 Å². The first-order chi connectivity index (χ1) is 13.8. The first-order valence-corrected chi connectivity index (χ1v) is 8.23. The number of carboxylic acid groups (broad SMARTS) is 1. The van der Waals surface area contributed by atoms with Crippen LogP contribution in [0.5, 0.6) is 0 Å². The van der Waals surface area contributed by atoms with Crippen LogP contribution in [0, 0.1) is 10.1 Å². The van der Waals surface area contributed by atoms with E-state index in [2.05, 4.69) is 10.4 Å². The van der Waals surface area contributed by atoms with E-state index in [0.717, 1.165) is 6.21 Å². The third kappa shape index (κ3) is 6.56. The average molecular weight is 417 g/mol. The molecule has 0 heterocycles. The molecule has 148 valence electrons. The number of carboxylic acids is 1. The van der Waals surface area contributed by atoms with Gasteiger partial charge in [0.1, 0.15) is 0 Å². The Hall–Kier alpha value is -4.05. The van der Waals surface area contributed by atoms with Gasteiger partial charge in [0.15, 0.2) is 0 Å². The highest BCUT2D eigenvalue weighted by atomic mass is 35.5. The summed E-state index contributed by atoms with van der Waals surface area (Å²) in [5, 5.41) is 25.3. The topological polar surface area (TPSA) is 151 Å². The average Bonchev–Trinajstić information content (AvgIpc) is 2.68. The van der Waals surface area contributed by atoms with Gasteiger partial charge in [-0.3, -0.25) is 19.7 Å². The molecule has 3 N–H and O–H groups in total. The number of carbonyl (C=O) groups excluding carboxylic acids is 2. The number of nitro groups is 1. The molecule has 11 heteroatoms. The molecule has 0 fully saturated rings. The van der Waals surface area contributed by atoms with Crippen LogP contribution in [0.25, 0.3) is 6.08 Å². The molecule has 2 amide bonds. The normalized spacial score (nSPS) is 11.1. The zero-order chi connectivity index (χ0) is 21.4. The number of hydrogen-bond donors (Lipinski definition) is 3. The van der Waals surface area contributed by atoms with Crippen molar-refractivity contribution in [1.82, 2.24) is 5.43 Å². The van der Waals surface area contributed by atoms with Gasteiger partial charge in [0.25, 0.3) is 5.69 Å². The molecule has 0 unspecified atom stereocenters. The molecule has 2 aromatic carbocycles. The zero-order valence-corrected chi connectivity index (χ0v) is 15.3. The van der Waals surface area contributed by atoms with Crippen LogP contribution >= 0.6 is 11.6 Å². The minimum Gasteiger partial charge on any atom is -0.478 e. The monoisotopic (exact) mass is 416 g/mol. The fourth-order valence-corrected chi connectivity index (χ4v) is 2.15. The highest BCUT2D eigenvalue weighted by Crippen LogP contribution is 2.15. The van der Waals surface area contributed by atoms with Gasteiger partial charge < -0.3 is 10.4 Å². The van der Waals surface area contributed by atoms with Crippen molar-refractivity contribution in [2.24, 2.45) is 5.10 Å². The van der Waals surface area contributed by atoms with Crippen LogP contribution in [-0.2, 0) is 9.59 Å². The summed E-state index contributed by atoms with van der Waals surface area (Å²) in [5.74, 6) is -3.20. The number of carbonyl (C=O) groups is 3. The summed E-state index contributed by atoms with van der Waals surface area (Å²) in [6, 6.07) is 10.8. The lowest BCUT2D eigenvalue weighted by Crippen LogP contribution is -2.32. The second-order valence-electron chi connectivity index (χ2n) is 5.41. The molecule has 0 radical (unpaired) electrons. The number of benzene rings is 2. The lowest BCUT2D eigenvalue weighted by Gasteiger charge is -2.04. The summed E-state index contributed by atoms with van der Waals surface area (Å²) in [4.78, 5) is 44.3. The lowest BCUT2D eigenvalue weighted by atomic mass is 10.2. The van der Waals surface area contributed by atoms with Gasteiger partial charge in [-0.15, -0.1) is 0 Å². The number of anilines is 1. The second-order valence-corrected chi connectivity index (χ2v) is 5.85. The maximum atomic E-state index is 11.8. The summed E-state index contributed by atoms with van der Waals surface area (Å²) in [7, 11) is 0. The van der Waals surface area contributed by atoms with Crippen molar-refractivity contribution in [2.75, 3.05) is 5.32 Å². The van der Waals surface area contributed by atoms with Crippen molar-refractivity contribution < 1.29 is 24.4 Å². The number of rotatable bonds is 6. The standard InChI is InChI=1S/C18H13ClN4O6/c19-13(9-11-1-7-15(8-2-11)23(28)29)10-20-22-17(25)16(24)21-14-5-3-12(4-6-14)18(26)27/h1-10H,(H,21,24)(H,22,25)(H,26,27)/b13-9-,20-10+. The Bertz CT molecular complexity index is 1000. The highest BCUT2D eigenvalue weighted by molar-refractivity contribution is 6.42. The Balaban J connectivity index is 1.89. The maximum absolute atomic E-state index is 11.8. The molecule has 2 aromatic rings. The molecular formula is C18H13ClN4O6. The van der Waals surface area contributed by atoms with Crippen LogP contribution in [0.1, 0.15) is 15.9 Å². The number of hydrogen-bond acceptors (Lipinski definition) is 6. The molecular weight excluding hydrogens is 404 g/mol. The molecule has 0 aliphatic rings. The van der Waals surface area contributed by atoms with Gasteiger partial charge in [-0.2, -0.15) is 5.10 Å². The Morgan fingerprint density at radius 1 is 1.03 bits per heavy atom. The predicted molar refractivity (Wildman–Crippen MR) is 106 cm³/mol. The molecule has 2 rings (SSSR count). The molecule has 0 aliphatic carbocycles. The SMILES string of the molecule is O=C(N/N=C/C(Cl)=C/c1ccc([N+](=O)[O-])cc1)C(=O)Nc1ccc(C(=O)O)cc1. The van der Waals surface area contributed by atoms with E-state index in [1.54, 1.807) is 0 Å². The number of nitrogens with zero attached hydrogens (tertiary/aromatic N) is 2. The number of aromatic carboxylic acids is 1. The van der Waals surface area contributed by atoms with Gasteiger partial charge in [0, 0.05) is 17.8 Å². The fourth-order valence-electron chi connectivity index (χ4n) is 1.98. The first kappa shape index (κ1) is 21.3. The number of nitro benzene ring substituents is 1. The van der Waals surface area contributed by atoms with Gasteiger partial charge in [0.2, 0.25) is 0 Å². The number of allylic oxidation sites excluding steroid dienone is 1. The van der Waals surface area contributed by atoms with Crippen molar-refractivity contribution in [1.29, 1.82) is 0 Å². The van der Waals surface area contributed by atoms with E-state index >= 15 is 0 Å². The largest absolute Gasteiger partial charge is 0.478 e. The maximum Gasteiger partial charge on any atom is 0.335 e. The molecule has 0 bridgehead atoms. The molecule has 29 heavy (non-hydrogen) atoms. The van der Waals surface area contributed by atoms with Crippen molar-refractivity contribution >= 4 is 53.0 Å². The third-order valence-electron chi connectivity index (χ3n) is 3.36. The summed E-state index contributed by atoms with van der Waals surface area (Å²) in [6.07, 6.45) is 2.53. The molecule has 0 aromatic heterocycles. The number of halogens is 1. The minimum absolute atomic E-state index is 0.0338. The number of nitrogens with one attached hydrogen (secondary N) is 2.